The van der Waals surface area contributed by atoms with Crippen LogP contribution in [0.15, 0.2) is 18.7 Å². The second kappa shape index (κ2) is 3.90. The van der Waals surface area contributed by atoms with Crippen molar-refractivity contribution in [2.45, 2.75) is 37.9 Å². The number of hydrogen-bond acceptors (Lipinski definition) is 5. The third kappa shape index (κ3) is 2.35. The van der Waals surface area contributed by atoms with Crippen LogP contribution in [0.5, 0.6) is 0 Å². The molecule has 0 amide bonds. The summed E-state index contributed by atoms with van der Waals surface area (Å²) in [6, 6.07) is 0. The van der Waals surface area contributed by atoms with Crippen LogP contribution in [0.25, 0.3) is 0 Å². The van der Waals surface area contributed by atoms with E-state index in [4.69, 9.17) is 5.11 Å². The fourth-order valence-corrected chi connectivity index (χ4v) is 1.30. The Kier molecular flexibility index (Phi) is 3.15. The molecule has 1 unspecified atom stereocenters. The molecular formula is C9H16N2O4. The van der Waals surface area contributed by atoms with E-state index in [2.05, 4.69) is 4.98 Å². The summed E-state index contributed by atoms with van der Waals surface area (Å²) in [7, 11) is 0. The molecule has 1 rings (SSSR count). The van der Waals surface area contributed by atoms with E-state index in [9.17, 15) is 15.3 Å². The van der Waals surface area contributed by atoms with Crippen LogP contribution in [-0.2, 0) is 6.54 Å². The lowest BCUT2D eigenvalue weighted by Crippen LogP contribution is -2.60. The minimum absolute atomic E-state index is 0.0785. The molecule has 6 nitrogen and oxygen atoms in total. The monoisotopic (exact) mass is 216 g/mol. The molecule has 0 saturated carbocycles. The van der Waals surface area contributed by atoms with E-state index in [0.717, 1.165) is 0 Å². The van der Waals surface area contributed by atoms with E-state index < -0.39 is 17.5 Å². The number of rotatable bonds is 4. The molecule has 0 fully saturated rings. The summed E-state index contributed by atoms with van der Waals surface area (Å²) < 4.78 is 1.49. The van der Waals surface area contributed by atoms with Crippen molar-refractivity contribution in [2.24, 2.45) is 0 Å². The highest BCUT2D eigenvalue weighted by molar-refractivity contribution is 4.93. The molecule has 0 saturated heterocycles. The third-order valence-corrected chi connectivity index (χ3v) is 2.42. The first-order valence-electron chi connectivity index (χ1n) is 4.58. The van der Waals surface area contributed by atoms with Crippen LogP contribution in [0.1, 0.15) is 13.8 Å². The Morgan fingerprint density at radius 3 is 2.40 bits per heavy atom. The van der Waals surface area contributed by atoms with E-state index in [1.807, 2.05) is 0 Å². The summed E-state index contributed by atoms with van der Waals surface area (Å²) in [6.07, 6.45) is 3.06. The number of aromatic nitrogens is 2. The molecule has 0 aliphatic rings. The predicted molar refractivity (Wildman–Crippen MR) is 51.7 cm³/mol. The summed E-state index contributed by atoms with van der Waals surface area (Å²) >= 11 is 0. The van der Waals surface area contributed by atoms with Gasteiger partial charge in [-0.3, -0.25) is 0 Å². The van der Waals surface area contributed by atoms with Gasteiger partial charge in [0.1, 0.15) is 11.7 Å². The smallest absolute Gasteiger partial charge is 0.220 e. The molecule has 0 radical (unpaired) electrons. The first-order valence-corrected chi connectivity index (χ1v) is 4.58. The molecule has 0 bridgehead atoms. The van der Waals surface area contributed by atoms with E-state index in [0.29, 0.717) is 0 Å². The number of imidazole rings is 1. The predicted octanol–water partition coefficient (Wildman–Crippen LogP) is -1.30. The van der Waals surface area contributed by atoms with Gasteiger partial charge in [-0.05, 0) is 13.8 Å². The Morgan fingerprint density at radius 1 is 1.40 bits per heavy atom. The van der Waals surface area contributed by atoms with Crippen LogP contribution >= 0.6 is 0 Å². The topological polar surface area (TPSA) is 98.7 Å². The molecule has 86 valence electrons. The highest BCUT2D eigenvalue weighted by Crippen LogP contribution is 2.24. The number of aliphatic hydroxyl groups is 4. The summed E-state index contributed by atoms with van der Waals surface area (Å²) in [5.74, 6) is -2.57. The van der Waals surface area contributed by atoms with E-state index >= 15 is 0 Å². The van der Waals surface area contributed by atoms with Crippen molar-refractivity contribution >= 4 is 0 Å². The molecule has 2 atom stereocenters. The van der Waals surface area contributed by atoms with Crippen LogP contribution in [0.4, 0.5) is 0 Å². The van der Waals surface area contributed by atoms with Crippen molar-refractivity contribution in [3.8, 4) is 0 Å². The summed E-state index contributed by atoms with van der Waals surface area (Å²) in [5.41, 5.74) is -1.87. The van der Waals surface area contributed by atoms with Crippen molar-refractivity contribution in [1.82, 2.24) is 9.55 Å². The molecule has 1 aromatic heterocycles. The van der Waals surface area contributed by atoms with Crippen LogP contribution in [0, 0.1) is 0 Å². The summed E-state index contributed by atoms with van der Waals surface area (Å²) in [4.78, 5) is 3.76. The zero-order valence-corrected chi connectivity index (χ0v) is 8.70. The second-order valence-electron chi connectivity index (χ2n) is 3.91. The van der Waals surface area contributed by atoms with Gasteiger partial charge in [-0.1, -0.05) is 0 Å². The second-order valence-corrected chi connectivity index (χ2v) is 3.91. The normalized spacial score (nSPS) is 18.5. The molecule has 1 heterocycles. The first-order chi connectivity index (χ1) is 6.77. The number of nitrogens with zero attached hydrogens (tertiary/aromatic N) is 2. The van der Waals surface area contributed by atoms with E-state index in [1.54, 1.807) is 6.20 Å². The molecule has 4 N–H and O–H groups in total. The lowest BCUT2D eigenvalue weighted by molar-refractivity contribution is -0.310. The Bertz CT molecular complexity index is 306. The van der Waals surface area contributed by atoms with Gasteiger partial charge in [0.2, 0.25) is 5.79 Å². The van der Waals surface area contributed by atoms with Crippen LogP contribution < -0.4 is 0 Å². The van der Waals surface area contributed by atoms with Gasteiger partial charge in [-0.15, -0.1) is 0 Å². The largest absolute Gasteiger partial charge is 0.388 e. The quantitative estimate of drug-likeness (QED) is 0.469. The van der Waals surface area contributed by atoms with Gasteiger partial charge in [-0.2, -0.15) is 0 Å². The molecule has 6 heteroatoms. The fourth-order valence-electron chi connectivity index (χ4n) is 1.30. The minimum atomic E-state index is -2.57. The SMILES string of the molecule is C[C@H](O)C(O)(O)C(C)(O)Cn1ccnc1. The van der Waals surface area contributed by atoms with Gasteiger partial charge in [-0.25, -0.2) is 4.98 Å². The van der Waals surface area contributed by atoms with Crippen LogP contribution in [0.2, 0.25) is 0 Å². The summed E-state index contributed by atoms with van der Waals surface area (Å²) in [5, 5.41) is 38.1. The average molecular weight is 216 g/mol. The average Bonchev–Trinajstić information content (AvgIpc) is 2.55. The highest BCUT2D eigenvalue weighted by Gasteiger charge is 2.48. The molecule has 0 spiro atoms. The number of aliphatic hydroxyl groups excluding tert-OH is 1. The van der Waals surface area contributed by atoms with Gasteiger partial charge in [0.05, 0.1) is 12.9 Å². The van der Waals surface area contributed by atoms with Gasteiger partial charge in [0, 0.05) is 12.4 Å². The minimum Gasteiger partial charge on any atom is -0.388 e. The van der Waals surface area contributed by atoms with Crippen LogP contribution in [-0.4, -0.2) is 47.5 Å². The zero-order valence-electron chi connectivity index (χ0n) is 8.70. The third-order valence-electron chi connectivity index (χ3n) is 2.42. The van der Waals surface area contributed by atoms with E-state index in [1.165, 1.54) is 30.9 Å². The molecule has 0 aliphatic heterocycles. The van der Waals surface area contributed by atoms with Crippen molar-refractivity contribution in [3.63, 3.8) is 0 Å². The molecule has 0 aromatic carbocycles. The summed E-state index contributed by atoms with van der Waals surface area (Å²) in [6.45, 7) is 2.35. The maximum atomic E-state index is 9.88. The van der Waals surface area contributed by atoms with Gasteiger partial charge >= 0.3 is 0 Å². The molecule has 0 aliphatic carbocycles. The Hall–Kier alpha value is -0.950. The van der Waals surface area contributed by atoms with Crippen molar-refractivity contribution in [3.05, 3.63) is 18.7 Å². The zero-order chi connectivity index (χ0) is 11.7. The standard InChI is InChI=1S/C9H16N2O4/c1-7(12)9(14,15)8(2,13)5-11-4-3-10-6-11/h3-4,6-7,12-15H,5H2,1-2H3/t7-,8?/m0/s1. The maximum Gasteiger partial charge on any atom is 0.220 e. The Balaban J connectivity index is 2.83. The molecular weight excluding hydrogens is 200 g/mol. The molecule has 1 aromatic rings. The van der Waals surface area contributed by atoms with Gasteiger partial charge < -0.3 is 25.0 Å². The molecule has 15 heavy (non-hydrogen) atoms. The van der Waals surface area contributed by atoms with Crippen molar-refractivity contribution in [1.29, 1.82) is 0 Å². The maximum absolute atomic E-state index is 9.88. The first kappa shape index (κ1) is 12.1. The van der Waals surface area contributed by atoms with Crippen molar-refractivity contribution in [2.75, 3.05) is 0 Å². The van der Waals surface area contributed by atoms with Crippen LogP contribution in [0.3, 0.4) is 0 Å². The highest BCUT2D eigenvalue weighted by atomic mass is 16.5. The lowest BCUT2D eigenvalue weighted by Gasteiger charge is -2.38. The van der Waals surface area contributed by atoms with Crippen molar-refractivity contribution < 1.29 is 20.4 Å². The van der Waals surface area contributed by atoms with Gasteiger partial charge in [0.25, 0.3) is 0 Å². The fraction of sp³-hybridized carbons (Fsp3) is 0.667. The Labute approximate surface area is 87.4 Å². The lowest BCUT2D eigenvalue weighted by atomic mass is 9.91. The van der Waals surface area contributed by atoms with E-state index in [-0.39, 0.29) is 6.54 Å². The number of hydrogen-bond donors (Lipinski definition) is 4. The van der Waals surface area contributed by atoms with Gasteiger partial charge in [0.15, 0.2) is 0 Å². The Morgan fingerprint density at radius 2 is 2.00 bits per heavy atom.